The van der Waals surface area contributed by atoms with Crippen LogP contribution in [0, 0.1) is 40.9 Å². The summed E-state index contributed by atoms with van der Waals surface area (Å²) in [7, 11) is 1.89. The third-order valence-electron chi connectivity index (χ3n) is 20.9. The standard InChI is InChI=1S/C59H102N2O6/c1-43(62)66-56-33-25-48(26-34-56)59(2,3)49-27-35-57(36-28-49)67-58(63)65-40-38-45-14-12-20-55(42-45)61(51-17-9-6-10-18-51)53-31-23-47(24-32-53)46-21-29-52(30-22-46)60(50-15-7-5-8-16-50)54-19-11-13-44(41-54)37-39-64-4/h44-57H,5-42H2,1-4H3. The predicted molar refractivity (Wildman–Crippen MR) is 271 cm³/mol. The summed E-state index contributed by atoms with van der Waals surface area (Å²) in [5, 5.41) is 0. The molecule has 0 aliphatic heterocycles. The molecule has 0 aromatic heterocycles. The van der Waals surface area contributed by atoms with Gasteiger partial charge in [-0.15, -0.1) is 0 Å². The van der Waals surface area contributed by atoms with Crippen LogP contribution in [-0.4, -0.2) is 90.7 Å². The van der Waals surface area contributed by atoms with Crippen molar-refractivity contribution in [3.8, 4) is 0 Å². The van der Waals surface area contributed by atoms with Crippen LogP contribution in [-0.2, 0) is 23.7 Å². The largest absolute Gasteiger partial charge is 0.508 e. The second-order valence-electron chi connectivity index (χ2n) is 25.2. The molecule has 8 nitrogen and oxygen atoms in total. The average Bonchev–Trinajstić information content (AvgIpc) is 3.35. The Morgan fingerprint density at radius 3 is 1.28 bits per heavy atom. The number of nitrogens with zero attached hydrogens (tertiary/aromatic N) is 2. The lowest BCUT2D eigenvalue weighted by molar-refractivity contribution is -0.148. The van der Waals surface area contributed by atoms with Crippen LogP contribution >= 0.6 is 0 Å². The van der Waals surface area contributed by atoms with E-state index in [2.05, 4.69) is 23.6 Å². The van der Waals surface area contributed by atoms with Gasteiger partial charge in [0.15, 0.2) is 0 Å². The first-order chi connectivity index (χ1) is 32.6. The fourth-order valence-electron chi connectivity index (χ4n) is 17.1. The zero-order valence-electron chi connectivity index (χ0n) is 43.8. The van der Waals surface area contributed by atoms with Crippen LogP contribution in [0.3, 0.4) is 0 Å². The molecule has 67 heavy (non-hydrogen) atoms. The summed E-state index contributed by atoms with van der Waals surface area (Å²) >= 11 is 0. The Balaban J connectivity index is 0.766. The number of carbonyl (C=O) groups excluding carboxylic acids is 2. The number of esters is 1. The maximum absolute atomic E-state index is 13.0. The van der Waals surface area contributed by atoms with E-state index < -0.39 is 6.16 Å². The normalized spacial score (nSPS) is 36.7. The SMILES string of the molecule is COCCC1CCCC(N(C2CCCCC2)C2CCC(C3CCC(N(C4CCCCC4)C4CCCC(CCOC(=O)OC5CCC(C(C)(C)C6CCC(OC(C)=O)CC6)CC5)C4)CC3)CC2)C1. The fourth-order valence-corrected chi connectivity index (χ4v) is 17.1. The fraction of sp³-hybridized carbons (Fsp3) is 0.966. The van der Waals surface area contributed by atoms with E-state index in [-0.39, 0.29) is 23.6 Å². The van der Waals surface area contributed by atoms with Gasteiger partial charge in [-0.25, -0.2) is 4.79 Å². The first kappa shape index (κ1) is 52.0. The van der Waals surface area contributed by atoms with E-state index in [0.29, 0.717) is 30.4 Å². The lowest BCUT2D eigenvalue weighted by Crippen LogP contribution is -2.53. The van der Waals surface area contributed by atoms with Gasteiger partial charge >= 0.3 is 12.1 Å². The summed E-state index contributed by atoms with van der Waals surface area (Å²) in [6.45, 7) is 7.87. The van der Waals surface area contributed by atoms with Crippen LogP contribution in [0.15, 0.2) is 0 Å². The molecular weight excluding hydrogens is 833 g/mol. The first-order valence-electron chi connectivity index (χ1n) is 29.7. The molecule has 0 radical (unpaired) electrons. The van der Waals surface area contributed by atoms with Crippen LogP contribution < -0.4 is 0 Å². The second-order valence-corrected chi connectivity index (χ2v) is 25.2. The van der Waals surface area contributed by atoms with Crippen molar-refractivity contribution < 1.29 is 28.5 Å². The van der Waals surface area contributed by atoms with Crippen molar-refractivity contribution in [3.05, 3.63) is 0 Å². The lowest BCUT2D eigenvalue weighted by Gasteiger charge is -2.51. The maximum atomic E-state index is 13.0. The van der Waals surface area contributed by atoms with Gasteiger partial charge < -0.3 is 18.9 Å². The van der Waals surface area contributed by atoms with Gasteiger partial charge in [0.2, 0.25) is 0 Å². The number of ether oxygens (including phenoxy) is 4. The Morgan fingerprint density at radius 2 is 0.851 bits per heavy atom. The van der Waals surface area contributed by atoms with Crippen LogP contribution in [0.1, 0.15) is 252 Å². The van der Waals surface area contributed by atoms with Crippen LogP contribution in [0.25, 0.3) is 0 Å². The van der Waals surface area contributed by atoms with Crippen molar-refractivity contribution in [1.29, 1.82) is 0 Å². The summed E-state index contributed by atoms with van der Waals surface area (Å²) in [6, 6.07) is 4.76. The molecule has 0 aromatic rings. The molecule has 8 aliphatic carbocycles. The first-order valence-corrected chi connectivity index (χ1v) is 29.7. The smallest absolute Gasteiger partial charge is 0.463 e. The average molecular weight is 935 g/mol. The Hall–Kier alpha value is -1.38. The molecule has 8 saturated carbocycles. The van der Waals surface area contributed by atoms with Crippen molar-refractivity contribution in [2.24, 2.45) is 40.9 Å². The summed E-state index contributed by atoms with van der Waals surface area (Å²) in [5.41, 5.74) is 0.246. The molecule has 8 aliphatic rings. The number of carbonyl (C=O) groups is 2. The monoisotopic (exact) mass is 935 g/mol. The van der Waals surface area contributed by atoms with E-state index in [9.17, 15) is 9.59 Å². The van der Waals surface area contributed by atoms with Crippen LogP contribution in [0.5, 0.6) is 0 Å². The quantitative estimate of drug-likeness (QED) is 0.134. The van der Waals surface area contributed by atoms with Gasteiger partial charge in [-0.3, -0.25) is 14.6 Å². The van der Waals surface area contributed by atoms with Crippen molar-refractivity contribution in [2.45, 2.75) is 300 Å². The van der Waals surface area contributed by atoms with Crippen molar-refractivity contribution in [3.63, 3.8) is 0 Å². The van der Waals surface area contributed by atoms with E-state index in [1.165, 1.54) is 180 Å². The molecule has 8 rings (SSSR count). The van der Waals surface area contributed by atoms with Crippen molar-refractivity contribution in [2.75, 3.05) is 20.3 Å². The Kier molecular flexibility index (Phi) is 20.0. The van der Waals surface area contributed by atoms with E-state index in [1.54, 1.807) is 0 Å². The molecule has 0 bridgehead atoms. The molecule has 8 fully saturated rings. The third-order valence-corrected chi connectivity index (χ3v) is 20.9. The van der Waals surface area contributed by atoms with Gasteiger partial charge in [0.25, 0.3) is 0 Å². The summed E-state index contributed by atoms with van der Waals surface area (Å²) < 4.78 is 22.9. The number of methoxy groups -OCH3 is 1. The minimum atomic E-state index is -0.439. The molecule has 0 heterocycles. The third kappa shape index (κ3) is 14.4. The summed E-state index contributed by atoms with van der Waals surface area (Å²) in [5.74, 6) is 4.56. The van der Waals surface area contributed by atoms with Crippen LogP contribution in [0.4, 0.5) is 4.79 Å². The number of rotatable bonds is 17. The number of hydrogen-bond donors (Lipinski definition) is 0. The summed E-state index contributed by atoms with van der Waals surface area (Å²) in [4.78, 5) is 30.9. The summed E-state index contributed by atoms with van der Waals surface area (Å²) in [6.07, 6.45) is 47.2. The highest BCUT2D eigenvalue weighted by Gasteiger charge is 2.44. The second kappa shape index (κ2) is 25.8. The highest BCUT2D eigenvalue weighted by molar-refractivity contribution is 5.66. The zero-order valence-corrected chi connectivity index (χ0v) is 43.8. The van der Waals surface area contributed by atoms with Gasteiger partial charge in [0.05, 0.1) is 6.61 Å². The molecule has 0 amide bonds. The van der Waals surface area contributed by atoms with Gasteiger partial charge in [0.1, 0.15) is 12.2 Å². The molecule has 0 spiro atoms. The van der Waals surface area contributed by atoms with Gasteiger partial charge in [-0.05, 0) is 208 Å². The molecular formula is C59H102N2O6. The lowest BCUT2D eigenvalue weighted by atomic mass is 9.60. The topological polar surface area (TPSA) is 77.5 Å². The highest BCUT2D eigenvalue weighted by Crippen LogP contribution is 2.50. The minimum absolute atomic E-state index is 0.0183. The van der Waals surface area contributed by atoms with E-state index in [0.717, 1.165) is 112 Å². The van der Waals surface area contributed by atoms with Gasteiger partial charge in [0, 0.05) is 56.9 Å². The van der Waals surface area contributed by atoms with Crippen molar-refractivity contribution in [1.82, 2.24) is 9.80 Å². The predicted octanol–water partition coefficient (Wildman–Crippen LogP) is 14.8. The Bertz CT molecular complexity index is 1440. The van der Waals surface area contributed by atoms with E-state index >= 15 is 0 Å². The molecule has 384 valence electrons. The van der Waals surface area contributed by atoms with Crippen LogP contribution in [0.2, 0.25) is 0 Å². The maximum Gasteiger partial charge on any atom is 0.508 e. The highest BCUT2D eigenvalue weighted by atomic mass is 16.7. The minimum Gasteiger partial charge on any atom is -0.463 e. The molecule has 0 N–H and O–H groups in total. The molecule has 8 heteroatoms. The van der Waals surface area contributed by atoms with E-state index in [4.69, 9.17) is 18.9 Å². The van der Waals surface area contributed by atoms with Gasteiger partial charge in [-0.1, -0.05) is 78.1 Å². The Labute approximate surface area is 410 Å². The molecule has 0 aromatic carbocycles. The van der Waals surface area contributed by atoms with E-state index in [1.807, 2.05) is 7.11 Å². The van der Waals surface area contributed by atoms with Gasteiger partial charge in [-0.2, -0.15) is 0 Å². The molecule has 4 unspecified atom stereocenters. The Morgan fingerprint density at radius 1 is 0.448 bits per heavy atom. The van der Waals surface area contributed by atoms with Crippen molar-refractivity contribution >= 4 is 12.1 Å². The zero-order chi connectivity index (χ0) is 46.6. The number of hydrogen-bond acceptors (Lipinski definition) is 8. The molecule has 4 atom stereocenters. The molecule has 0 saturated heterocycles.